The molecule has 0 aliphatic rings. The number of hydrogen-bond donors (Lipinski definition) is 1. The zero-order valence-electron chi connectivity index (χ0n) is 12.4. The Morgan fingerprint density at radius 1 is 1.45 bits per heavy atom. The number of anilines is 1. The highest BCUT2D eigenvalue weighted by Crippen LogP contribution is 2.09. The molecule has 0 saturated carbocycles. The molecule has 0 radical (unpaired) electrons. The van der Waals surface area contributed by atoms with E-state index >= 15 is 0 Å². The Morgan fingerprint density at radius 3 is 2.75 bits per heavy atom. The molecular weight excluding hydrogens is 258 g/mol. The molecule has 1 atom stereocenters. The number of carbonyl (C=O) groups is 2. The maximum atomic E-state index is 12.2. The van der Waals surface area contributed by atoms with Crippen LogP contribution in [0.15, 0.2) is 16.9 Å². The number of hydrogen-bond acceptors (Lipinski definition) is 4. The van der Waals surface area contributed by atoms with Crippen molar-refractivity contribution < 1.29 is 14.1 Å². The summed E-state index contributed by atoms with van der Waals surface area (Å²) >= 11 is 0. The molecule has 1 aromatic heterocycles. The third kappa shape index (κ3) is 5.03. The third-order valence-electron chi connectivity index (χ3n) is 3.21. The molecule has 0 unspecified atom stereocenters. The predicted molar refractivity (Wildman–Crippen MR) is 76.1 cm³/mol. The van der Waals surface area contributed by atoms with Gasteiger partial charge < -0.3 is 14.7 Å². The summed E-state index contributed by atoms with van der Waals surface area (Å²) in [5.74, 6) is 0.126. The van der Waals surface area contributed by atoms with E-state index in [0.29, 0.717) is 12.2 Å². The lowest BCUT2D eigenvalue weighted by atomic mass is 10.1. The van der Waals surface area contributed by atoms with E-state index in [0.717, 1.165) is 19.3 Å². The summed E-state index contributed by atoms with van der Waals surface area (Å²) in [7, 11) is 0. The Hall–Kier alpha value is -1.85. The summed E-state index contributed by atoms with van der Waals surface area (Å²) in [6.45, 7) is 6.04. The number of nitrogens with one attached hydrogen (secondary N) is 1. The van der Waals surface area contributed by atoms with E-state index < -0.39 is 0 Å². The minimum Gasteiger partial charge on any atom is -0.363 e. The normalized spacial score (nSPS) is 11.9. The number of amides is 2. The quantitative estimate of drug-likeness (QED) is 0.794. The molecule has 0 bridgehead atoms. The Morgan fingerprint density at radius 2 is 2.20 bits per heavy atom. The van der Waals surface area contributed by atoms with Gasteiger partial charge in [-0.05, 0) is 19.8 Å². The fourth-order valence-corrected chi connectivity index (χ4v) is 1.80. The van der Waals surface area contributed by atoms with Gasteiger partial charge >= 0.3 is 0 Å². The lowest BCUT2D eigenvalue weighted by Gasteiger charge is -2.28. The van der Waals surface area contributed by atoms with Crippen molar-refractivity contribution in [2.75, 3.05) is 11.9 Å². The van der Waals surface area contributed by atoms with Gasteiger partial charge in [-0.3, -0.25) is 9.59 Å². The van der Waals surface area contributed by atoms with Gasteiger partial charge in [0, 0.05) is 18.5 Å². The van der Waals surface area contributed by atoms with Crippen LogP contribution in [0.1, 0.15) is 46.5 Å². The van der Waals surface area contributed by atoms with Crippen molar-refractivity contribution in [3.8, 4) is 0 Å². The number of aromatic nitrogens is 1. The van der Waals surface area contributed by atoms with Gasteiger partial charge in [-0.15, -0.1) is 0 Å². The molecule has 0 fully saturated rings. The lowest BCUT2D eigenvalue weighted by Crippen LogP contribution is -2.43. The average Bonchev–Trinajstić information content (AvgIpc) is 2.94. The molecule has 6 nitrogen and oxygen atoms in total. The third-order valence-corrected chi connectivity index (χ3v) is 3.21. The molecule has 1 aromatic rings. The molecule has 0 aliphatic heterocycles. The van der Waals surface area contributed by atoms with E-state index in [1.165, 1.54) is 6.26 Å². The van der Waals surface area contributed by atoms with Crippen LogP contribution < -0.4 is 5.32 Å². The smallest absolute Gasteiger partial charge is 0.245 e. The van der Waals surface area contributed by atoms with Gasteiger partial charge in [0.25, 0.3) is 0 Å². The summed E-state index contributed by atoms with van der Waals surface area (Å²) in [4.78, 5) is 25.7. The first kappa shape index (κ1) is 16.2. The number of carbonyl (C=O) groups excluding carboxylic acids is 2. The van der Waals surface area contributed by atoms with Crippen LogP contribution in [0.4, 0.5) is 5.82 Å². The zero-order chi connectivity index (χ0) is 15.0. The molecule has 6 heteroatoms. The van der Waals surface area contributed by atoms with Crippen molar-refractivity contribution in [3.63, 3.8) is 0 Å². The van der Waals surface area contributed by atoms with Crippen LogP contribution >= 0.6 is 0 Å². The zero-order valence-corrected chi connectivity index (χ0v) is 12.4. The van der Waals surface area contributed by atoms with Gasteiger partial charge in [-0.25, -0.2) is 0 Å². The van der Waals surface area contributed by atoms with Gasteiger partial charge in [0.15, 0.2) is 5.82 Å². The fourth-order valence-electron chi connectivity index (χ4n) is 1.80. The van der Waals surface area contributed by atoms with Crippen LogP contribution in [-0.4, -0.2) is 34.5 Å². The second-order valence-electron chi connectivity index (χ2n) is 4.82. The molecule has 1 heterocycles. The van der Waals surface area contributed by atoms with Crippen LogP contribution in [-0.2, 0) is 9.59 Å². The highest BCUT2D eigenvalue weighted by Gasteiger charge is 2.21. The Balaban J connectivity index is 2.59. The molecule has 0 spiro atoms. The molecule has 0 aliphatic carbocycles. The Bertz CT molecular complexity index is 417. The molecule has 20 heavy (non-hydrogen) atoms. The molecule has 1 N–H and O–H groups in total. The highest BCUT2D eigenvalue weighted by atomic mass is 16.5. The topological polar surface area (TPSA) is 75.4 Å². The molecule has 2 amide bonds. The Labute approximate surface area is 119 Å². The van der Waals surface area contributed by atoms with Crippen molar-refractivity contribution in [2.45, 2.75) is 52.5 Å². The average molecular weight is 281 g/mol. The monoisotopic (exact) mass is 281 g/mol. The highest BCUT2D eigenvalue weighted by molar-refractivity contribution is 5.93. The van der Waals surface area contributed by atoms with E-state index in [2.05, 4.69) is 15.0 Å². The minimum atomic E-state index is -0.260. The van der Waals surface area contributed by atoms with E-state index in [-0.39, 0.29) is 24.4 Å². The fraction of sp³-hybridized carbons (Fsp3) is 0.643. The molecule has 0 saturated heterocycles. The van der Waals surface area contributed by atoms with Crippen molar-refractivity contribution in [3.05, 3.63) is 12.3 Å². The van der Waals surface area contributed by atoms with Crippen LogP contribution in [0.3, 0.4) is 0 Å². The molecular formula is C14H23N3O3. The van der Waals surface area contributed by atoms with Crippen LogP contribution in [0.25, 0.3) is 0 Å². The second-order valence-corrected chi connectivity index (χ2v) is 4.82. The predicted octanol–water partition coefficient (Wildman–Crippen LogP) is 2.43. The number of nitrogens with zero attached hydrogens (tertiary/aromatic N) is 2. The van der Waals surface area contributed by atoms with Crippen LogP contribution in [0.2, 0.25) is 0 Å². The van der Waals surface area contributed by atoms with Crippen LogP contribution in [0, 0.1) is 0 Å². The summed E-state index contributed by atoms with van der Waals surface area (Å²) in [6.07, 6.45) is 4.49. The van der Waals surface area contributed by atoms with Gasteiger partial charge in [0.2, 0.25) is 11.8 Å². The summed E-state index contributed by atoms with van der Waals surface area (Å²) in [5, 5.41) is 6.22. The van der Waals surface area contributed by atoms with Gasteiger partial charge in [-0.1, -0.05) is 25.4 Å². The van der Waals surface area contributed by atoms with Crippen molar-refractivity contribution in [1.82, 2.24) is 10.1 Å². The van der Waals surface area contributed by atoms with Crippen molar-refractivity contribution in [1.29, 1.82) is 0 Å². The maximum absolute atomic E-state index is 12.2. The molecule has 0 aromatic carbocycles. The van der Waals surface area contributed by atoms with Crippen molar-refractivity contribution >= 4 is 17.6 Å². The van der Waals surface area contributed by atoms with E-state index in [4.69, 9.17) is 0 Å². The first-order valence-corrected chi connectivity index (χ1v) is 7.08. The van der Waals surface area contributed by atoms with Crippen LogP contribution in [0.5, 0.6) is 0 Å². The van der Waals surface area contributed by atoms with E-state index in [9.17, 15) is 9.59 Å². The summed E-state index contributed by atoms with van der Waals surface area (Å²) in [6, 6.07) is 1.60. The first-order chi connectivity index (χ1) is 9.58. The van der Waals surface area contributed by atoms with Gasteiger partial charge in [-0.2, -0.15) is 0 Å². The second kappa shape index (κ2) is 8.35. The minimum absolute atomic E-state index is 0.0245. The first-order valence-electron chi connectivity index (χ1n) is 7.08. The lowest BCUT2D eigenvalue weighted by molar-refractivity contribution is -0.136. The van der Waals surface area contributed by atoms with Gasteiger partial charge in [0.1, 0.15) is 12.8 Å². The van der Waals surface area contributed by atoms with Crippen molar-refractivity contribution in [2.24, 2.45) is 0 Å². The Kier molecular flexibility index (Phi) is 6.76. The summed E-state index contributed by atoms with van der Waals surface area (Å²) < 4.78 is 4.64. The molecule has 112 valence electrons. The summed E-state index contributed by atoms with van der Waals surface area (Å²) in [5.41, 5.74) is 0. The SMILES string of the molecule is CCCCC(=O)N(CC(=O)Nc1ccon1)[C@H](C)CC. The largest absolute Gasteiger partial charge is 0.363 e. The maximum Gasteiger partial charge on any atom is 0.245 e. The number of rotatable bonds is 8. The van der Waals surface area contributed by atoms with E-state index in [1.54, 1.807) is 11.0 Å². The molecule has 1 rings (SSSR count). The standard InChI is InChI=1S/C14H23N3O3/c1-4-6-7-14(19)17(11(3)5-2)10-13(18)15-12-8-9-20-16-12/h8-9,11H,4-7,10H2,1-3H3,(H,15,16,18)/t11-/m1/s1. The number of unbranched alkanes of at least 4 members (excludes halogenated alkanes) is 1. The van der Waals surface area contributed by atoms with Gasteiger partial charge in [0.05, 0.1) is 0 Å². The van der Waals surface area contributed by atoms with E-state index in [1.807, 2.05) is 20.8 Å².